The lowest BCUT2D eigenvalue weighted by Crippen LogP contribution is -2.42. The van der Waals surface area contributed by atoms with Gasteiger partial charge in [-0.3, -0.25) is 4.79 Å². The van der Waals surface area contributed by atoms with E-state index >= 15 is 0 Å². The second-order valence-electron chi connectivity index (χ2n) is 8.27. The Bertz CT molecular complexity index is 1300. The number of nitrogens with zero attached hydrogens (tertiary/aromatic N) is 3. The lowest BCUT2D eigenvalue weighted by molar-refractivity contribution is 0.0998. The molecule has 0 unspecified atom stereocenters. The summed E-state index contributed by atoms with van der Waals surface area (Å²) in [5.74, 6) is 0.270. The summed E-state index contributed by atoms with van der Waals surface area (Å²) >= 11 is 4.89. The van der Waals surface area contributed by atoms with Crippen LogP contribution in [0.4, 0.5) is 0 Å². The number of sulfonamides is 1. The fraction of sp³-hybridized carbons (Fsp3) is 0.364. The van der Waals surface area contributed by atoms with E-state index in [0.29, 0.717) is 35.3 Å². The van der Waals surface area contributed by atoms with Gasteiger partial charge in [0.1, 0.15) is 0 Å². The number of carbonyl (C=O) groups is 1. The van der Waals surface area contributed by atoms with Crippen LogP contribution in [0.5, 0.6) is 0 Å². The minimum atomic E-state index is -3.57. The number of hydrogen-bond donors (Lipinski definition) is 0. The highest BCUT2D eigenvalue weighted by atomic mass is 79.9. The first-order valence-electron chi connectivity index (χ1n) is 10.1. The Kier molecular flexibility index (Phi) is 6.22. The molecule has 0 aliphatic carbocycles. The molecule has 2 atom stereocenters. The number of benzene rings is 2. The molecule has 0 bridgehead atoms. The van der Waals surface area contributed by atoms with Crippen LogP contribution in [-0.4, -0.2) is 36.3 Å². The third-order valence-corrected chi connectivity index (χ3v) is 8.98. The normalized spacial score (nSPS) is 21.0. The average Bonchev–Trinajstić information content (AvgIpc) is 3.01. The van der Waals surface area contributed by atoms with E-state index < -0.39 is 15.9 Å². The SMILES string of the molecule is C[C@H]1C[C@H](C)CN(S(=O)(=O)c2ccc(C(=O)N=c3sc4cc(Br)ccc4n3C)cc2)C1. The molecule has 1 aliphatic heterocycles. The zero-order valence-corrected chi connectivity index (χ0v) is 20.8. The molecule has 2 aromatic carbocycles. The van der Waals surface area contributed by atoms with Gasteiger partial charge in [0.2, 0.25) is 10.0 Å². The Morgan fingerprint density at radius 1 is 1.10 bits per heavy atom. The van der Waals surface area contributed by atoms with Gasteiger partial charge in [0.25, 0.3) is 5.91 Å². The van der Waals surface area contributed by atoms with Crippen molar-refractivity contribution in [3.63, 3.8) is 0 Å². The summed E-state index contributed by atoms with van der Waals surface area (Å²) in [6.45, 7) is 5.21. The number of piperidine rings is 1. The van der Waals surface area contributed by atoms with Crippen molar-refractivity contribution < 1.29 is 13.2 Å². The first-order valence-corrected chi connectivity index (χ1v) is 13.1. The van der Waals surface area contributed by atoms with Crippen molar-refractivity contribution in [1.82, 2.24) is 8.87 Å². The largest absolute Gasteiger partial charge is 0.319 e. The summed E-state index contributed by atoms with van der Waals surface area (Å²) in [4.78, 5) is 17.8. The molecule has 1 amide bonds. The highest BCUT2D eigenvalue weighted by Crippen LogP contribution is 2.27. The van der Waals surface area contributed by atoms with Gasteiger partial charge in [-0.1, -0.05) is 41.1 Å². The molecule has 0 spiro atoms. The van der Waals surface area contributed by atoms with Crippen molar-refractivity contribution in [2.24, 2.45) is 23.9 Å². The predicted octanol–water partition coefficient (Wildman–Crippen LogP) is 4.41. The second-order valence-corrected chi connectivity index (χ2v) is 12.1. The van der Waals surface area contributed by atoms with Crippen LogP contribution in [0.15, 0.2) is 56.8 Å². The molecule has 2 heterocycles. The lowest BCUT2D eigenvalue weighted by atomic mass is 9.94. The third kappa shape index (κ3) is 4.55. The van der Waals surface area contributed by atoms with Crippen LogP contribution >= 0.6 is 27.3 Å². The average molecular weight is 522 g/mol. The molecule has 6 nitrogen and oxygen atoms in total. The van der Waals surface area contributed by atoms with Crippen LogP contribution in [0.1, 0.15) is 30.6 Å². The zero-order valence-electron chi connectivity index (χ0n) is 17.6. The van der Waals surface area contributed by atoms with Gasteiger partial charge in [-0.25, -0.2) is 8.42 Å². The van der Waals surface area contributed by atoms with Crippen molar-refractivity contribution in [3.8, 4) is 0 Å². The number of aromatic nitrogens is 1. The Morgan fingerprint density at radius 2 is 1.74 bits per heavy atom. The molecule has 1 fully saturated rings. The fourth-order valence-corrected chi connectivity index (χ4v) is 7.33. The molecule has 1 aromatic heterocycles. The van der Waals surface area contributed by atoms with E-state index in [1.54, 1.807) is 16.4 Å². The summed E-state index contributed by atoms with van der Waals surface area (Å²) in [5, 5.41) is 0. The van der Waals surface area contributed by atoms with E-state index in [2.05, 4.69) is 34.8 Å². The van der Waals surface area contributed by atoms with Crippen LogP contribution in [0.2, 0.25) is 0 Å². The molecule has 3 aromatic rings. The number of fused-ring (bicyclic) bond motifs is 1. The maximum absolute atomic E-state index is 13.0. The summed E-state index contributed by atoms with van der Waals surface area (Å²) in [6, 6.07) is 12.0. The number of amides is 1. The molecular weight excluding hydrogens is 498 g/mol. The molecule has 9 heteroatoms. The predicted molar refractivity (Wildman–Crippen MR) is 127 cm³/mol. The highest BCUT2D eigenvalue weighted by Gasteiger charge is 2.31. The maximum atomic E-state index is 13.0. The number of halogens is 1. The second kappa shape index (κ2) is 8.61. The molecule has 0 saturated carbocycles. The molecule has 0 radical (unpaired) electrons. The van der Waals surface area contributed by atoms with Crippen molar-refractivity contribution in [3.05, 3.63) is 57.3 Å². The number of rotatable bonds is 3. The van der Waals surface area contributed by atoms with E-state index in [-0.39, 0.29) is 4.90 Å². The quantitative estimate of drug-likeness (QED) is 0.512. The van der Waals surface area contributed by atoms with Crippen LogP contribution in [0.3, 0.4) is 0 Å². The monoisotopic (exact) mass is 521 g/mol. The molecule has 31 heavy (non-hydrogen) atoms. The number of thiazole rings is 1. The lowest BCUT2D eigenvalue weighted by Gasteiger charge is -2.34. The van der Waals surface area contributed by atoms with Gasteiger partial charge < -0.3 is 4.57 Å². The van der Waals surface area contributed by atoms with Crippen molar-refractivity contribution in [2.75, 3.05) is 13.1 Å². The summed E-state index contributed by atoms with van der Waals surface area (Å²) in [5.41, 5.74) is 1.35. The first kappa shape index (κ1) is 22.4. The maximum Gasteiger partial charge on any atom is 0.279 e. The van der Waals surface area contributed by atoms with Crippen molar-refractivity contribution >= 4 is 53.4 Å². The minimum Gasteiger partial charge on any atom is -0.319 e. The van der Waals surface area contributed by atoms with E-state index in [1.165, 1.54) is 23.5 Å². The zero-order chi connectivity index (χ0) is 22.3. The van der Waals surface area contributed by atoms with Crippen LogP contribution in [0.25, 0.3) is 10.2 Å². The standard InChI is InChI=1S/C22H24BrN3O3S2/c1-14-10-15(2)13-26(12-14)31(28,29)18-7-4-16(5-8-18)21(27)24-22-25(3)19-9-6-17(23)11-20(19)30-22/h4-9,11,14-15H,10,12-13H2,1-3H3/t14-,15-/m0/s1. The third-order valence-electron chi connectivity index (χ3n) is 5.54. The van der Waals surface area contributed by atoms with Gasteiger partial charge in [0.05, 0.1) is 15.1 Å². The molecule has 1 aliphatic rings. The molecule has 1 saturated heterocycles. The van der Waals surface area contributed by atoms with Crippen LogP contribution in [0, 0.1) is 11.8 Å². The van der Waals surface area contributed by atoms with E-state index in [1.807, 2.05) is 29.8 Å². The smallest absolute Gasteiger partial charge is 0.279 e. The van der Waals surface area contributed by atoms with Gasteiger partial charge in [0, 0.05) is 30.2 Å². The highest BCUT2D eigenvalue weighted by molar-refractivity contribution is 9.10. The fourth-order valence-electron chi connectivity index (χ4n) is 4.09. The van der Waals surface area contributed by atoms with Crippen LogP contribution < -0.4 is 4.80 Å². The minimum absolute atomic E-state index is 0.211. The Balaban J connectivity index is 1.60. The summed E-state index contributed by atoms with van der Waals surface area (Å²) in [7, 11) is -1.70. The molecular formula is C22H24BrN3O3S2. The van der Waals surface area contributed by atoms with E-state index in [4.69, 9.17) is 0 Å². The molecule has 0 N–H and O–H groups in total. The molecule has 4 rings (SSSR count). The number of hydrogen-bond acceptors (Lipinski definition) is 4. The first-order chi connectivity index (χ1) is 14.6. The van der Waals surface area contributed by atoms with Gasteiger partial charge in [-0.05, 0) is 60.7 Å². The van der Waals surface area contributed by atoms with Gasteiger partial charge in [-0.2, -0.15) is 9.30 Å². The van der Waals surface area contributed by atoms with Gasteiger partial charge in [0.15, 0.2) is 4.80 Å². The topological polar surface area (TPSA) is 71.7 Å². The molecule has 164 valence electrons. The Morgan fingerprint density at radius 3 is 2.39 bits per heavy atom. The van der Waals surface area contributed by atoms with Gasteiger partial charge in [-0.15, -0.1) is 0 Å². The van der Waals surface area contributed by atoms with Crippen molar-refractivity contribution in [2.45, 2.75) is 25.2 Å². The van der Waals surface area contributed by atoms with Crippen LogP contribution in [-0.2, 0) is 17.1 Å². The van der Waals surface area contributed by atoms with Gasteiger partial charge >= 0.3 is 0 Å². The Hall–Kier alpha value is -1.81. The summed E-state index contributed by atoms with van der Waals surface area (Å²) in [6.07, 6.45) is 1.03. The summed E-state index contributed by atoms with van der Waals surface area (Å²) < 4.78 is 31.5. The van der Waals surface area contributed by atoms with Crippen molar-refractivity contribution in [1.29, 1.82) is 0 Å². The number of aryl methyl sites for hydroxylation is 1. The van der Waals surface area contributed by atoms with E-state index in [0.717, 1.165) is 21.1 Å². The Labute approximate surface area is 194 Å². The van der Waals surface area contributed by atoms with E-state index in [9.17, 15) is 13.2 Å². The number of carbonyl (C=O) groups excluding carboxylic acids is 1.